The van der Waals surface area contributed by atoms with Gasteiger partial charge in [0.15, 0.2) is 5.16 Å². The number of hydrogen-bond donors (Lipinski definition) is 1. The molecule has 1 aliphatic heterocycles. The molecule has 134 valence electrons. The Morgan fingerprint density at radius 3 is 2.60 bits per heavy atom. The van der Waals surface area contributed by atoms with E-state index in [1.54, 1.807) is 24.2 Å². The Hall–Kier alpha value is -0.850. The molecular weight excluding hydrogens is 375 g/mol. The van der Waals surface area contributed by atoms with Crippen molar-refractivity contribution in [2.24, 2.45) is 0 Å². The van der Waals surface area contributed by atoms with Gasteiger partial charge in [-0.3, -0.25) is 4.90 Å². The molecule has 2 heterocycles. The Morgan fingerprint density at radius 1 is 1.12 bits per heavy atom. The second kappa shape index (κ2) is 9.74. The van der Waals surface area contributed by atoms with Crippen LogP contribution in [0.4, 0.5) is 0 Å². The number of halogens is 2. The van der Waals surface area contributed by atoms with Crippen molar-refractivity contribution in [2.45, 2.75) is 30.6 Å². The minimum absolute atomic E-state index is 0.599. The van der Waals surface area contributed by atoms with Gasteiger partial charge in [0, 0.05) is 37.3 Å². The molecule has 3 rings (SSSR count). The van der Waals surface area contributed by atoms with E-state index in [0.29, 0.717) is 16.1 Å². The molecule has 1 aromatic carbocycles. The van der Waals surface area contributed by atoms with E-state index < -0.39 is 0 Å². The Bertz CT molecular complexity index is 663. The van der Waals surface area contributed by atoms with Crippen LogP contribution in [0.25, 0.3) is 0 Å². The van der Waals surface area contributed by atoms with Gasteiger partial charge in [-0.15, -0.1) is 0 Å². The molecule has 1 saturated heterocycles. The number of hydrogen-bond acceptors (Lipinski definition) is 5. The number of benzene rings is 1. The molecule has 0 saturated carbocycles. The summed E-state index contributed by atoms with van der Waals surface area (Å²) in [7, 11) is 0. The van der Waals surface area contributed by atoms with Crippen LogP contribution in [0.2, 0.25) is 10.0 Å². The van der Waals surface area contributed by atoms with Crippen LogP contribution in [0.15, 0.2) is 41.8 Å². The van der Waals surface area contributed by atoms with Gasteiger partial charge < -0.3 is 5.32 Å². The predicted octanol–water partition coefficient (Wildman–Crippen LogP) is 4.13. The van der Waals surface area contributed by atoms with E-state index in [1.807, 2.05) is 18.2 Å². The van der Waals surface area contributed by atoms with E-state index in [2.05, 4.69) is 26.3 Å². The number of piperidine rings is 1. The molecule has 7 heteroatoms. The average molecular weight is 397 g/mol. The highest BCUT2D eigenvalue weighted by atomic mass is 35.5. The molecule has 0 bridgehead atoms. The van der Waals surface area contributed by atoms with Gasteiger partial charge in [-0.2, -0.15) is 0 Å². The smallest absolute Gasteiger partial charge is 0.187 e. The first kappa shape index (κ1) is 18.9. The van der Waals surface area contributed by atoms with Crippen molar-refractivity contribution in [2.75, 3.05) is 25.4 Å². The SMILES string of the molecule is Clc1ccc(CN2CCC(NCCSc3ncccn3)CC2)cc1Cl. The van der Waals surface area contributed by atoms with E-state index in [1.165, 1.54) is 18.4 Å². The second-order valence-corrected chi connectivity index (χ2v) is 8.01. The summed E-state index contributed by atoms with van der Waals surface area (Å²) in [5.41, 5.74) is 1.22. The zero-order valence-electron chi connectivity index (χ0n) is 14.0. The Labute approximate surface area is 163 Å². The lowest BCUT2D eigenvalue weighted by Gasteiger charge is -2.32. The third-order valence-corrected chi connectivity index (χ3v) is 5.90. The molecular formula is C18H22Cl2N4S. The van der Waals surface area contributed by atoms with E-state index in [9.17, 15) is 0 Å². The van der Waals surface area contributed by atoms with Crippen LogP contribution in [0.1, 0.15) is 18.4 Å². The first-order valence-corrected chi connectivity index (χ1v) is 10.2. The fourth-order valence-electron chi connectivity index (χ4n) is 2.96. The summed E-state index contributed by atoms with van der Waals surface area (Å²) in [5, 5.41) is 5.75. The van der Waals surface area contributed by atoms with Gasteiger partial charge in [-0.1, -0.05) is 41.0 Å². The fraction of sp³-hybridized carbons (Fsp3) is 0.444. The second-order valence-electron chi connectivity index (χ2n) is 6.13. The Kier molecular flexibility index (Phi) is 7.37. The number of aromatic nitrogens is 2. The third-order valence-electron chi connectivity index (χ3n) is 4.29. The number of rotatable bonds is 7. The number of thioether (sulfide) groups is 1. The lowest BCUT2D eigenvalue weighted by Crippen LogP contribution is -2.42. The first-order chi connectivity index (χ1) is 12.2. The third kappa shape index (κ3) is 6.12. The number of nitrogens with zero attached hydrogens (tertiary/aromatic N) is 3. The fourth-order valence-corrected chi connectivity index (χ4v) is 3.95. The maximum Gasteiger partial charge on any atom is 0.187 e. The molecule has 0 aliphatic carbocycles. The molecule has 2 aromatic rings. The lowest BCUT2D eigenvalue weighted by atomic mass is 10.0. The molecule has 1 aromatic heterocycles. The average Bonchev–Trinajstić information content (AvgIpc) is 2.64. The molecule has 1 aliphatic rings. The molecule has 0 radical (unpaired) electrons. The van der Waals surface area contributed by atoms with Crippen molar-refractivity contribution in [1.82, 2.24) is 20.2 Å². The highest BCUT2D eigenvalue weighted by Gasteiger charge is 2.18. The summed E-state index contributed by atoms with van der Waals surface area (Å²) in [5.74, 6) is 0.994. The highest BCUT2D eigenvalue weighted by Crippen LogP contribution is 2.24. The summed E-state index contributed by atoms with van der Waals surface area (Å²) >= 11 is 13.8. The molecule has 4 nitrogen and oxygen atoms in total. The monoisotopic (exact) mass is 396 g/mol. The molecule has 25 heavy (non-hydrogen) atoms. The zero-order valence-corrected chi connectivity index (χ0v) is 16.3. The summed E-state index contributed by atoms with van der Waals surface area (Å²) in [6.45, 7) is 4.13. The van der Waals surface area contributed by atoms with E-state index in [0.717, 1.165) is 37.1 Å². The minimum Gasteiger partial charge on any atom is -0.313 e. The summed E-state index contributed by atoms with van der Waals surface area (Å²) in [6, 6.07) is 8.34. The topological polar surface area (TPSA) is 41.0 Å². The van der Waals surface area contributed by atoms with Gasteiger partial charge >= 0.3 is 0 Å². The van der Waals surface area contributed by atoms with Crippen molar-refractivity contribution in [3.05, 3.63) is 52.3 Å². The lowest BCUT2D eigenvalue weighted by molar-refractivity contribution is 0.192. The van der Waals surface area contributed by atoms with Crippen LogP contribution in [0.3, 0.4) is 0 Å². The normalized spacial score (nSPS) is 16.2. The molecule has 1 N–H and O–H groups in total. The first-order valence-electron chi connectivity index (χ1n) is 8.50. The molecule has 1 fully saturated rings. The van der Waals surface area contributed by atoms with Crippen LogP contribution >= 0.6 is 35.0 Å². The van der Waals surface area contributed by atoms with Crippen LogP contribution < -0.4 is 5.32 Å². The van der Waals surface area contributed by atoms with Crippen LogP contribution in [0, 0.1) is 0 Å². The maximum atomic E-state index is 6.10. The van der Waals surface area contributed by atoms with Crippen LogP contribution in [-0.4, -0.2) is 46.3 Å². The number of likely N-dealkylation sites (tertiary alicyclic amines) is 1. The van der Waals surface area contributed by atoms with E-state index in [-0.39, 0.29) is 0 Å². The Morgan fingerprint density at radius 2 is 1.88 bits per heavy atom. The minimum atomic E-state index is 0.599. The molecule has 0 amide bonds. The summed E-state index contributed by atoms with van der Waals surface area (Å²) in [6.07, 6.45) is 5.92. The van der Waals surface area contributed by atoms with Gasteiger partial charge in [-0.05, 0) is 49.7 Å². The van der Waals surface area contributed by atoms with Crippen molar-refractivity contribution >= 4 is 35.0 Å². The van der Waals surface area contributed by atoms with Gasteiger partial charge in [0.05, 0.1) is 10.0 Å². The van der Waals surface area contributed by atoms with Crippen LogP contribution in [-0.2, 0) is 6.54 Å². The summed E-state index contributed by atoms with van der Waals surface area (Å²) < 4.78 is 0. The highest BCUT2D eigenvalue weighted by molar-refractivity contribution is 7.99. The maximum absolute atomic E-state index is 6.10. The van der Waals surface area contributed by atoms with Gasteiger partial charge in [0.25, 0.3) is 0 Å². The molecule has 0 atom stereocenters. The van der Waals surface area contributed by atoms with E-state index in [4.69, 9.17) is 23.2 Å². The molecule has 0 spiro atoms. The van der Waals surface area contributed by atoms with E-state index >= 15 is 0 Å². The Balaban J connectivity index is 1.33. The van der Waals surface area contributed by atoms with Gasteiger partial charge in [-0.25, -0.2) is 9.97 Å². The van der Waals surface area contributed by atoms with Crippen molar-refractivity contribution in [3.63, 3.8) is 0 Å². The standard InChI is InChI=1S/C18H22Cl2N4S/c19-16-3-2-14(12-17(16)20)13-24-9-4-15(5-10-24)21-8-11-25-18-22-6-1-7-23-18/h1-3,6-7,12,15,21H,4-5,8-11,13H2. The zero-order chi connectivity index (χ0) is 17.5. The summed E-state index contributed by atoms with van der Waals surface area (Å²) in [4.78, 5) is 10.9. The molecule has 0 unspecified atom stereocenters. The van der Waals surface area contributed by atoms with Gasteiger partial charge in [0.2, 0.25) is 0 Å². The van der Waals surface area contributed by atoms with Crippen molar-refractivity contribution in [3.8, 4) is 0 Å². The largest absolute Gasteiger partial charge is 0.313 e. The van der Waals surface area contributed by atoms with Crippen molar-refractivity contribution in [1.29, 1.82) is 0 Å². The predicted molar refractivity (Wildman–Crippen MR) is 106 cm³/mol. The van der Waals surface area contributed by atoms with Gasteiger partial charge in [0.1, 0.15) is 0 Å². The number of nitrogens with one attached hydrogen (secondary N) is 1. The van der Waals surface area contributed by atoms with Crippen LogP contribution in [0.5, 0.6) is 0 Å². The quantitative estimate of drug-likeness (QED) is 0.432. The van der Waals surface area contributed by atoms with Crippen molar-refractivity contribution < 1.29 is 0 Å².